The van der Waals surface area contributed by atoms with Crippen LogP contribution in [0.3, 0.4) is 0 Å². The first-order valence-corrected chi connectivity index (χ1v) is 12.6. The molecule has 1 fully saturated rings. The molecule has 0 saturated carbocycles. The number of ketones is 2. The average Bonchev–Trinajstić information content (AvgIpc) is 3.13. The largest absolute Gasteiger partial charge is 0.370 e. The van der Waals surface area contributed by atoms with Gasteiger partial charge in [0.05, 0.1) is 42.1 Å². The number of aryl methyl sites for hydroxylation is 1. The standard InChI is InChI=1S/C25H30N4O4S/c1-16-22(18(3)30)17(2)26-23(16)21(31)15-34-25-27-20-8-5-4-7-19(20)24(32)29(25)10-6-9-28-11-13-33-14-12-28/h4-5,7-8,26H,6,9-15H2,1-3H3/p+1. The van der Waals surface area contributed by atoms with Crippen LogP contribution in [0.15, 0.2) is 34.2 Å². The first-order valence-electron chi connectivity index (χ1n) is 11.6. The van der Waals surface area contributed by atoms with Crippen molar-refractivity contribution < 1.29 is 19.2 Å². The number of rotatable bonds is 9. The summed E-state index contributed by atoms with van der Waals surface area (Å²) in [4.78, 5) is 47.5. The Labute approximate surface area is 202 Å². The lowest BCUT2D eigenvalue weighted by Gasteiger charge is -2.24. The van der Waals surface area contributed by atoms with Crippen molar-refractivity contribution in [3.63, 3.8) is 0 Å². The Kier molecular flexibility index (Phi) is 7.65. The number of aromatic nitrogens is 3. The third-order valence-electron chi connectivity index (χ3n) is 6.34. The molecule has 0 atom stereocenters. The van der Waals surface area contributed by atoms with Gasteiger partial charge >= 0.3 is 0 Å². The van der Waals surface area contributed by atoms with Crippen LogP contribution in [0, 0.1) is 13.8 Å². The number of ether oxygens (including phenoxy) is 1. The molecule has 180 valence electrons. The van der Waals surface area contributed by atoms with Gasteiger partial charge in [-0.2, -0.15) is 0 Å². The van der Waals surface area contributed by atoms with Crippen LogP contribution in [-0.2, 0) is 11.3 Å². The van der Waals surface area contributed by atoms with Crippen molar-refractivity contribution in [1.29, 1.82) is 0 Å². The Morgan fingerprint density at radius 3 is 2.65 bits per heavy atom. The summed E-state index contributed by atoms with van der Waals surface area (Å²) in [5.41, 5.74) is 2.93. The highest BCUT2D eigenvalue weighted by Crippen LogP contribution is 2.23. The number of thioether (sulfide) groups is 1. The molecule has 3 heterocycles. The molecule has 1 aliphatic heterocycles. The highest BCUT2D eigenvalue weighted by Gasteiger charge is 2.21. The summed E-state index contributed by atoms with van der Waals surface area (Å²) in [5, 5.41) is 1.13. The zero-order chi connectivity index (χ0) is 24.2. The maximum atomic E-state index is 13.3. The maximum absolute atomic E-state index is 13.3. The topological polar surface area (TPSA) is 98.5 Å². The van der Waals surface area contributed by atoms with Crippen molar-refractivity contribution in [3.8, 4) is 0 Å². The molecule has 3 aromatic rings. The van der Waals surface area contributed by atoms with E-state index in [9.17, 15) is 14.4 Å². The maximum Gasteiger partial charge on any atom is 0.262 e. The van der Waals surface area contributed by atoms with Crippen molar-refractivity contribution >= 4 is 34.2 Å². The minimum Gasteiger partial charge on any atom is -0.370 e. The van der Waals surface area contributed by atoms with Crippen LogP contribution in [0.2, 0.25) is 0 Å². The number of H-pyrrole nitrogens is 1. The summed E-state index contributed by atoms with van der Waals surface area (Å²) in [6, 6.07) is 7.31. The third-order valence-corrected chi connectivity index (χ3v) is 7.32. The molecule has 2 N–H and O–H groups in total. The van der Waals surface area contributed by atoms with E-state index in [0.29, 0.717) is 45.1 Å². The molecule has 0 radical (unpaired) electrons. The van der Waals surface area contributed by atoms with Crippen molar-refractivity contribution in [2.24, 2.45) is 0 Å². The predicted molar refractivity (Wildman–Crippen MR) is 132 cm³/mol. The van der Waals surface area contributed by atoms with Gasteiger partial charge in [0, 0.05) is 24.2 Å². The average molecular weight is 484 g/mol. The number of Topliss-reactive ketones (excluding diaryl/α,β-unsaturated/α-hetero) is 2. The van der Waals surface area contributed by atoms with Gasteiger partial charge in [0.1, 0.15) is 13.1 Å². The lowest BCUT2D eigenvalue weighted by atomic mass is 10.1. The van der Waals surface area contributed by atoms with E-state index in [1.165, 1.54) is 23.6 Å². The van der Waals surface area contributed by atoms with E-state index in [2.05, 4.69) is 4.98 Å². The summed E-state index contributed by atoms with van der Waals surface area (Å²) in [5.74, 6) is -0.0623. The molecule has 2 aromatic heterocycles. The second-order valence-electron chi connectivity index (χ2n) is 8.73. The van der Waals surface area contributed by atoms with Crippen molar-refractivity contribution in [1.82, 2.24) is 14.5 Å². The van der Waals surface area contributed by atoms with Crippen LogP contribution in [0.1, 0.15) is 45.4 Å². The van der Waals surface area contributed by atoms with Gasteiger partial charge in [0.15, 0.2) is 16.7 Å². The number of carbonyl (C=O) groups is 2. The van der Waals surface area contributed by atoms with Gasteiger partial charge in [0.2, 0.25) is 0 Å². The number of hydrogen-bond acceptors (Lipinski definition) is 6. The molecule has 8 nitrogen and oxygen atoms in total. The first kappa shape index (κ1) is 24.4. The van der Waals surface area contributed by atoms with Crippen LogP contribution in [0.25, 0.3) is 10.9 Å². The summed E-state index contributed by atoms with van der Waals surface area (Å²) < 4.78 is 7.13. The fourth-order valence-electron chi connectivity index (χ4n) is 4.61. The second kappa shape index (κ2) is 10.7. The van der Waals surface area contributed by atoms with Gasteiger partial charge in [0.25, 0.3) is 5.56 Å². The fourth-order valence-corrected chi connectivity index (χ4v) is 5.51. The van der Waals surface area contributed by atoms with Crippen LogP contribution >= 0.6 is 11.8 Å². The molecule has 9 heteroatoms. The fraction of sp³-hybridized carbons (Fsp3) is 0.440. The Morgan fingerprint density at radius 2 is 1.94 bits per heavy atom. The van der Waals surface area contributed by atoms with Crippen molar-refractivity contribution in [3.05, 3.63) is 57.1 Å². The zero-order valence-electron chi connectivity index (χ0n) is 19.9. The van der Waals surface area contributed by atoms with E-state index in [-0.39, 0.29) is 22.9 Å². The summed E-state index contributed by atoms with van der Waals surface area (Å²) in [7, 11) is 0. The van der Waals surface area contributed by atoms with Gasteiger partial charge in [-0.25, -0.2) is 4.98 Å². The summed E-state index contributed by atoms with van der Waals surface area (Å²) >= 11 is 1.27. The quantitative estimate of drug-likeness (QED) is 0.274. The number of nitrogens with one attached hydrogen (secondary N) is 2. The number of morpholine rings is 1. The van der Waals surface area contributed by atoms with Crippen LogP contribution in [0.4, 0.5) is 0 Å². The minimum atomic E-state index is -0.121. The molecule has 0 bridgehead atoms. The van der Waals surface area contributed by atoms with E-state index >= 15 is 0 Å². The van der Waals surface area contributed by atoms with E-state index < -0.39 is 0 Å². The third kappa shape index (κ3) is 5.16. The molecular weight excluding hydrogens is 452 g/mol. The van der Waals surface area contributed by atoms with Gasteiger partial charge in [-0.05, 0) is 38.5 Å². The van der Waals surface area contributed by atoms with Crippen molar-refractivity contribution in [2.45, 2.75) is 38.9 Å². The molecule has 1 saturated heterocycles. The van der Waals surface area contributed by atoms with E-state index in [0.717, 1.165) is 39.3 Å². The number of benzene rings is 1. The number of para-hydroxylation sites is 1. The predicted octanol–water partition coefficient (Wildman–Crippen LogP) is 1.82. The molecule has 34 heavy (non-hydrogen) atoms. The van der Waals surface area contributed by atoms with E-state index in [1.54, 1.807) is 24.5 Å². The van der Waals surface area contributed by atoms with E-state index in [1.807, 2.05) is 18.2 Å². The lowest BCUT2D eigenvalue weighted by Crippen LogP contribution is -3.14. The Bertz CT molecular complexity index is 1270. The lowest BCUT2D eigenvalue weighted by molar-refractivity contribution is -0.908. The molecule has 1 aliphatic rings. The van der Waals surface area contributed by atoms with Gasteiger partial charge in [-0.3, -0.25) is 19.0 Å². The minimum absolute atomic E-state index is 0.0645. The number of hydrogen-bond donors (Lipinski definition) is 2. The Morgan fingerprint density at radius 1 is 1.21 bits per heavy atom. The van der Waals surface area contributed by atoms with Gasteiger partial charge in [-0.15, -0.1) is 0 Å². The summed E-state index contributed by atoms with van der Waals surface area (Å²) in [6.45, 7) is 10.1. The van der Waals surface area contributed by atoms with Gasteiger partial charge in [-0.1, -0.05) is 23.9 Å². The number of carbonyl (C=O) groups excluding carboxylic acids is 2. The summed E-state index contributed by atoms with van der Waals surface area (Å²) in [6.07, 6.45) is 0.841. The van der Waals surface area contributed by atoms with Crippen LogP contribution < -0.4 is 10.5 Å². The molecule has 0 aliphatic carbocycles. The molecule has 4 rings (SSSR count). The smallest absolute Gasteiger partial charge is 0.262 e. The normalized spacial score (nSPS) is 14.6. The number of nitrogens with zero attached hydrogens (tertiary/aromatic N) is 2. The Hall–Kier alpha value is -2.75. The highest BCUT2D eigenvalue weighted by molar-refractivity contribution is 7.99. The molecular formula is C25H31N4O4S+. The zero-order valence-corrected chi connectivity index (χ0v) is 20.7. The van der Waals surface area contributed by atoms with Gasteiger partial charge < -0.3 is 14.6 Å². The number of quaternary nitrogens is 1. The van der Waals surface area contributed by atoms with Crippen LogP contribution in [0.5, 0.6) is 0 Å². The Balaban J connectivity index is 1.55. The molecule has 0 spiro atoms. The first-order chi connectivity index (χ1) is 16.4. The molecule has 0 amide bonds. The second-order valence-corrected chi connectivity index (χ2v) is 9.67. The molecule has 0 unspecified atom stereocenters. The highest BCUT2D eigenvalue weighted by atomic mass is 32.2. The SMILES string of the molecule is CC(=O)c1c(C)[nH]c(C(=O)CSc2nc3ccccc3c(=O)n2CCC[NH+]2CCOCC2)c1C. The number of aromatic amines is 1. The number of fused-ring (bicyclic) bond motifs is 1. The molecule has 1 aromatic carbocycles. The van der Waals surface area contributed by atoms with Crippen molar-refractivity contribution in [2.75, 3.05) is 38.6 Å². The van der Waals surface area contributed by atoms with Crippen LogP contribution in [-0.4, -0.2) is 64.7 Å². The monoisotopic (exact) mass is 483 g/mol. The van der Waals surface area contributed by atoms with E-state index in [4.69, 9.17) is 9.72 Å².